The van der Waals surface area contributed by atoms with Crippen LogP contribution in [0.4, 0.5) is 5.69 Å². The predicted molar refractivity (Wildman–Crippen MR) is 122 cm³/mol. The van der Waals surface area contributed by atoms with Crippen LogP contribution in [0, 0.1) is 0 Å². The third kappa shape index (κ3) is 6.22. The number of ether oxygens (including phenoxy) is 2. The summed E-state index contributed by atoms with van der Waals surface area (Å²) in [6.07, 6.45) is 3.51. The molecule has 1 aromatic heterocycles. The number of nitrogens with one attached hydrogen (secondary N) is 1. The van der Waals surface area contributed by atoms with Crippen LogP contribution in [0.1, 0.15) is 42.6 Å². The van der Waals surface area contributed by atoms with Crippen molar-refractivity contribution in [3.05, 3.63) is 88.3 Å². The molecule has 1 N–H and O–H groups in total. The Morgan fingerprint density at radius 1 is 0.903 bits per heavy atom. The van der Waals surface area contributed by atoms with E-state index in [1.54, 1.807) is 35.0 Å². The van der Waals surface area contributed by atoms with Crippen LogP contribution >= 0.6 is 0 Å². The third-order valence-electron chi connectivity index (χ3n) is 4.59. The van der Waals surface area contributed by atoms with Gasteiger partial charge in [0.1, 0.15) is 0 Å². The fourth-order valence-corrected chi connectivity index (χ4v) is 2.99. The molecule has 0 saturated heterocycles. The zero-order valence-electron chi connectivity index (χ0n) is 18.0. The van der Waals surface area contributed by atoms with E-state index in [0.717, 1.165) is 18.4 Å². The first kappa shape index (κ1) is 22.2. The fraction of sp³-hybridized carbons (Fsp3) is 0.280. The molecule has 0 fully saturated rings. The molecule has 0 aliphatic carbocycles. The fourth-order valence-electron chi connectivity index (χ4n) is 2.99. The van der Waals surface area contributed by atoms with E-state index < -0.39 is 0 Å². The van der Waals surface area contributed by atoms with Gasteiger partial charge >= 0.3 is 0 Å². The number of carbonyl (C=O) groups is 1. The SMILES string of the molecule is CCCOc1ccc(C(=O)Nc2ccc(Cn3ccccc3=O)cc2)cc1OCCC. The molecule has 6 nitrogen and oxygen atoms in total. The number of rotatable bonds is 10. The number of anilines is 1. The maximum atomic E-state index is 12.7. The summed E-state index contributed by atoms with van der Waals surface area (Å²) >= 11 is 0. The highest BCUT2D eigenvalue weighted by molar-refractivity contribution is 6.04. The molecule has 0 aliphatic rings. The van der Waals surface area contributed by atoms with Gasteiger partial charge in [-0.1, -0.05) is 32.0 Å². The number of nitrogens with zero attached hydrogens (tertiary/aromatic N) is 1. The van der Waals surface area contributed by atoms with E-state index >= 15 is 0 Å². The Bertz CT molecular complexity index is 1060. The molecule has 2 aromatic carbocycles. The number of benzene rings is 2. The standard InChI is InChI=1S/C25H28N2O4/c1-3-15-30-22-13-10-20(17-23(22)31-16-4-2)25(29)26-21-11-8-19(9-12-21)18-27-14-6-5-7-24(27)28/h5-14,17H,3-4,15-16,18H2,1-2H3,(H,26,29). The molecular weight excluding hydrogens is 392 g/mol. The number of hydrogen-bond donors (Lipinski definition) is 1. The molecule has 0 saturated carbocycles. The molecule has 0 unspecified atom stereocenters. The van der Waals surface area contributed by atoms with Crippen molar-refractivity contribution < 1.29 is 14.3 Å². The van der Waals surface area contributed by atoms with Crippen LogP contribution in [-0.2, 0) is 6.54 Å². The van der Waals surface area contributed by atoms with E-state index in [1.807, 2.05) is 44.2 Å². The molecule has 0 spiro atoms. The summed E-state index contributed by atoms with van der Waals surface area (Å²) < 4.78 is 13.1. The van der Waals surface area contributed by atoms with Crippen molar-refractivity contribution in [3.8, 4) is 11.5 Å². The Kier molecular flexibility index (Phi) is 7.87. The third-order valence-corrected chi connectivity index (χ3v) is 4.59. The summed E-state index contributed by atoms with van der Waals surface area (Å²) in [6, 6.07) is 17.7. The summed E-state index contributed by atoms with van der Waals surface area (Å²) in [7, 11) is 0. The van der Waals surface area contributed by atoms with Crippen LogP contribution in [0.5, 0.6) is 11.5 Å². The summed E-state index contributed by atoms with van der Waals surface area (Å²) in [6.45, 7) is 5.69. The van der Waals surface area contributed by atoms with Crippen molar-refractivity contribution in [2.45, 2.75) is 33.2 Å². The van der Waals surface area contributed by atoms with Gasteiger partial charge in [-0.25, -0.2) is 0 Å². The summed E-state index contributed by atoms with van der Waals surface area (Å²) in [5.41, 5.74) is 2.10. The molecule has 31 heavy (non-hydrogen) atoms. The van der Waals surface area contributed by atoms with E-state index in [9.17, 15) is 9.59 Å². The number of pyridine rings is 1. The lowest BCUT2D eigenvalue weighted by Crippen LogP contribution is -2.18. The average Bonchev–Trinajstić information content (AvgIpc) is 2.79. The first-order valence-electron chi connectivity index (χ1n) is 10.6. The normalized spacial score (nSPS) is 10.5. The Balaban J connectivity index is 1.69. The molecular formula is C25H28N2O4. The number of hydrogen-bond acceptors (Lipinski definition) is 4. The highest BCUT2D eigenvalue weighted by atomic mass is 16.5. The van der Waals surface area contributed by atoms with Crippen molar-refractivity contribution in [2.24, 2.45) is 0 Å². The number of carbonyl (C=O) groups excluding carboxylic acids is 1. The lowest BCUT2D eigenvalue weighted by atomic mass is 10.1. The van der Waals surface area contributed by atoms with Crippen LogP contribution in [0.3, 0.4) is 0 Å². The van der Waals surface area contributed by atoms with Gasteiger partial charge in [0.25, 0.3) is 11.5 Å². The van der Waals surface area contributed by atoms with Gasteiger partial charge in [0.05, 0.1) is 19.8 Å². The van der Waals surface area contributed by atoms with E-state index in [1.165, 1.54) is 6.07 Å². The topological polar surface area (TPSA) is 69.6 Å². The molecule has 1 heterocycles. The van der Waals surface area contributed by atoms with Crippen LogP contribution in [0.25, 0.3) is 0 Å². The smallest absolute Gasteiger partial charge is 0.255 e. The summed E-state index contributed by atoms with van der Waals surface area (Å²) in [4.78, 5) is 24.6. The monoisotopic (exact) mass is 420 g/mol. The molecule has 3 aromatic rings. The zero-order valence-corrected chi connectivity index (χ0v) is 18.0. The summed E-state index contributed by atoms with van der Waals surface area (Å²) in [5.74, 6) is 0.995. The molecule has 0 atom stereocenters. The first-order chi connectivity index (χ1) is 15.1. The van der Waals surface area contributed by atoms with Crippen LogP contribution in [0.15, 0.2) is 71.7 Å². The van der Waals surface area contributed by atoms with Gasteiger partial charge in [-0.15, -0.1) is 0 Å². The minimum absolute atomic E-state index is 0.0488. The van der Waals surface area contributed by atoms with E-state index in [-0.39, 0.29) is 11.5 Å². The minimum atomic E-state index is -0.226. The van der Waals surface area contributed by atoms with Gasteiger partial charge < -0.3 is 19.4 Å². The van der Waals surface area contributed by atoms with Crippen molar-refractivity contribution in [2.75, 3.05) is 18.5 Å². The largest absolute Gasteiger partial charge is 0.490 e. The van der Waals surface area contributed by atoms with Crippen molar-refractivity contribution in [1.29, 1.82) is 0 Å². The number of amides is 1. The maximum absolute atomic E-state index is 12.7. The maximum Gasteiger partial charge on any atom is 0.255 e. The second-order valence-corrected chi connectivity index (χ2v) is 7.18. The molecule has 0 bridgehead atoms. The van der Waals surface area contributed by atoms with Gasteiger partial charge in [-0.2, -0.15) is 0 Å². The Hall–Kier alpha value is -3.54. The molecule has 0 radical (unpaired) electrons. The van der Waals surface area contributed by atoms with E-state index in [4.69, 9.17) is 9.47 Å². The first-order valence-corrected chi connectivity index (χ1v) is 10.6. The predicted octanol–water partition coefficient (Wildman–Crippen LogP) is 4.73. The second-order valence-electron chi connectivity index (χ2n) is 7.18. The quantitative estimate of drug-likeness (QED) is 0.515. The summed E-state index contributed by atoms with van der Waals surface area (Å²) in [5, 5.41) is 2.90. The van der Waals surface area contributed by atoms with Gasteiger partial charge in [-0.05, 0) is 54.8 Å². The molecule has 162 valence electrons. The van der Waals surface area contributed by atoms with Crippen molar-refractivity contribution >= 4 is 11.6 Å². The van der Waals surface area contributed by atoms with Crippen molar-refractivity contribution in [1.82, 2.24) is 4.57 Å². The highest BCUT2D eigenvalue weighted by Crippen LogP contribution is 2.29. The molecule has 3 rings (SSSR count). The zero-order chi connectivity index (χ0) is 22.1. The Morgan fingerprint density at radius 2 is 1.61 bits per heavy atom. The molecule has 1 amide bonds. The second kappa shape index (κ2) is 11.0. The van der Waals surface area contributed by atoms with Crippen LogP contribution in [0.2, 0.25) is 0 Å². The number of aromatic nitrogens is 1. The minimum Gasteiger partial charge on any atom is -0.490 e. The van der Waals surface area contributed by atoms with Gasteiger partial charge in [0.15, 0.2) is 11.5 Å². The van der Waals surface area contributed by atoms with Gasteiger partial charge in [0, 0.05) is 23.5 Å². The lowest BCUT2D eigenvalue weighted by Gasteiger charge is -2.14. The highest BCUT2D eigenvalue weighted by Gasteiger charge is 2.12. The van der Waals surface area contributed by atoms with Crippen LogP contribution < -0.4 is 20.3 Å². The van der Waals surface area contributed by atoms with Crippen LogP contribution in [-0.4, -0.2) is 23.7 Å². The van der Waals surface area contributed by atoms with Crippen molar-refractivity contribution in [3.63, 3.8) is 0 Å². The van der Waals surface area contributed by atoms with Gasteiger partial charge in [-0.3, -0.25) is 9.59 Å². The molecule has 0 aliphatic heterocycles. The van der Waals surface area contributed by atoms with Gasteiger partial charge in [0.2, 0.25) is 0 Å². The molecule has 6 heteroatoms. The van der Waals surface area contributed by atoms with E-state index in [0.29, 0.717) is 42.5 Å². The Labute approximate surface area is 182 Å². The average molecular weight is 421 g/mol. The lowest BCUT2D eigenvalue weighted by molar-refractivity contribution is 0.102. The van der Waals surface area contributed by atoms with E-state index in [2.05, 4.69) is 5.32 Å². The Morgan fingerprint density at radius 3 is 2.29 bits per heavy atom.